The normalized spacial score (nSPS) is 23.0. The van der Waals surface area contributed by atoms with E-state index in [2.05, 4.69) is 5.32 Å². The Morgan fingerprint density at radius 1 is 1.31 bits per heavy atom. The Morgan fingerprint density at radius 3 is 2.58 bits per heavy atom. The molecule has 1 saturated heterocycles. The van der Waals surface area contributed by atoms with E-state index in [1.165, 1.54) is 7.11 Å². The van der Waals surface area contributed by atoms with Crippen molar-refractivity contribution in [3.8, 4) is 11.5 Å². The molecule has 7 heteroatoms. The van der Waals surface area contributed by atoms with Gasteiger partial charge < -0.3 is 19.7 Å². The van der Waals surface area contributed by atoms with Crippen LogP contribution < -0.4 is 14.8 Å². The topological polar surface area (TPSA) is 67.9 Å². The zero-order valence-electron chi connectivity index (χ0n) is 16.1. The van der Waals surface area contributed by atoms with Crippen LogP contribution in [0.15, 0.2) is 12.1 Å². The number of hydrogen-bond donors (Lipinski definition) is 1. The first-order valence-electron chi connectivity index (χ1n) is 8.76. The summed E-state index contributed by atoms with van der Waals surface area (Å²) in [6.45, 7) is 8.72. The maximum Gasteiger partial charge on any atom is 0.260 e. The van der Waals surface area contributed by atoms with Crippen molar-refractivity contribution in [2.75, 3.05) is 20.8 Å². The second kappa shape index (κ2) is 6.68. The molecule has 0 aliphatic carbocycles. The number of benzene rings is 1. The number of carbonyl (C=O) groups is 2. The van der Waals surface area contributed by atoms with Crippen LogP contribution in [0.2, 0.25) is 0 Å². The molecule has 3 rings (SSSR count). The zero-order valence-corrected chi connectivity index (χ0v) is 16.9. The van der Waals surface area contributed by atoms with E-state index in [0.717, 1.165) is 5.56 Å². The summed E-state index contributed by atoms with van der Waals surface area (Å²) < 4.78 is 10.4. The quantitative estimate of drug-likeness (QED) is 0.853. The summed E-state index contributed by atoms with van der Waals surface area (Å²) in [5.41, 5.74) is 1.38. The SMILES string of the molecule is COc1ccc2c(c1OC)C(=O)N1[C@@H]2SC(C)(C)[C@H]1C(=O)NCC(C)C. The minimum Gasteiger partial charge on any atom is -0.493 e. The third-order valence-electron chi connectivity index (χ3n) is 4.83. The smallest absolute Gasteiger partial charge is 0.260 e. The maximum atomic E-state index is 13.3. The number of ether oxygens (including phenoxy) is 2. The van der Waals surface area contributed by atoms with Crippen molar-refractivity contribution in [2.45, 2.75) is 43.9 Å². The minimum atomic E-state index is -0.535. The molecule has 0 spiro atoms. The van der Waals surface area contributed by atoms with E-state index in [4.69, 9.17) is 9.47 Å². The number of rotatable bonds is 5. The number of amides is 2. The second-order valence-electron chi connectivity index (χ2n) is 7.59. The fraction of sp³-hybridized carbons (Fsp3) is 0.579. The number of carbonyl (C=O) groups excluding carboxylic acids is 2. The zero-order chi connectivity index (χ0) is 19.2. The molecule has 2 atom stereocenters. The minimum absolute atomic E-state index is 0.106. The fourth-order valence-corrected chi connectivity index (χ4v) is 5.24. The van der Waals surface area contributed by atoms with Crippen molar-refractivity contribution in [2.24, 2.45) is 5.92 Å². The summed E-state index contributed by atoms with van der Waals surface area (Å²) in [5.74, 6) is 1.02. The third kappa shape index (κ3) is 2.82. The molecule has 0 aromatic heterocycles. The maximum absolute atomic E-state index is 13.3. The molecule has 1 aromatic rings. The average Bonchev–Trinajstić information content (AvgIpc) is 3.01. The first-order valence-corrected chi connectivity index (χ1v) is 9.64. The van der Waals surface area contributed by atoms with Crippen molar-refractivity contribution in [1.29, 1.82) is 0 Å². The van der Waals surface area contributed by atoms with Gasteiger partial charge in [-0.25, -0.2) is 0 Å². The summed E-state index contributed by atoms with van der Waals surface area (Å²) in [6.07, 6.45) is 0. The predicted octanol–water partition coefficient (Wildman–Crippen LogP) is 2.82. The highest BCUT2D eigenvalue weighted by Gasteiger charge is 2.58. The largest absolute Gasteiger partial charge is 0.493 e. The number of nitrogens with one attached hydrogen (secondary N) is 1. The number of methoxy groups -OCH3 is 2. The number of nitrogens with zero attached hydrogens (tertiary/aromatic N) is 1. The molecule has 0 saturated carbocycles. The van der Waals surface area contributed by atoms with Gasteiger partial charge in [-0.1, -0.05) is 19.9 Å². The summed E-state index contributed by atoms with van der Waals surface area (Å²) >= 11 is 1.64. The molecule has 2 aliphatic rings. The molecule has 0 unspecified atom stereocenters. The lowest BCUT2D eigenvalue weighted by molar-refractivity contribution is -0.126. The van der Waals surface area contributed by atoms with Gasteiger partial charge in [-0.05, 0) is 25.8 Å². The molecule has 2 heterocycles. The van der Waals surface area contributed by atoms with Crippen LogP contribution in [0, 0.1) is 5.92 Å². The molecule has 2 amide bonds. The van der Waals surface area contributed by atoms with Gasteiger partial charge >= 0.3 is 0 Å². The van der Waals surface area contributed by atoms with Crippen molar-refractivity contribution in [3.05, 3.63) is 23.3 Å². The van der Waals surface area contributed by atoms with Gasteiger partial charge in [0.15, 0.2) is 11.5 Å². The van der Waals surface area contributed by atoms with Gasteiger partial charge in [0.25, 0.3) is 5.91 Å². The number of thioether (sulfide) groups is 1. The Balaban J connectivity index is 2.01. The number of fused-ring (bicyclic) bond motifs is 3. The standard InChI is InChI=1S/C19H26N2O4S/c1-10(2)9-20-16(22)15-19(3,4)26-18-11-7-8-12(24-5)14(25-6)13(11)17(23)21(15)18/h7-8,10,15,18H,9H2,1-6H3,(H,20,22)/t15-,18-/m1/s1. The summed E-state index contributed by atoms with van der Waals surface area (Å²) in [5, 5.41) is 2.80. The first kappa shape index (κ1) is 18.9. The highest BCUT2D eigenvalue weighted by molar-refractivity contribution is 8.01. The van der Waals surface area contributed by atoms with Gasteiger partial charge in [-0.15, -0.1) is 11.8 Å². The molecular formula is C19H26N2O4S. The summed E-state index contributed by atoms with van der Waals surface area (Å²) in [4.78, 5) is 27.9. The fourth-order valence-electron chi connectivity index (χ4n) is 3.66. The Kier molecular flexibility index (Phi) is 4.86. The van der Waals surface area contributed by atoms with E-state index in [1.54, 1.807) is 23.8 Å². The molecule has 0 bridgehead atoms. The lowest BCUT2D eigenvalue weighted by atomic mass is 10.0. The molecule has 26 heavy (non-hydrogen) atoms. The van der Waals surface area contributed by atoms with Crippen molar-refractivity contribution < 1.29 is 19.1 Å². The van der Waals surface area contributed by atoms with Crippen LogP contribution in [-0.4, -0.2) is 48.3 Å². The highest BCUT2D eigenvalue weighted by Crippen LogP contribution is 2.58. The molecule has 1 aromatic carbocycles. The van der Waals surface area contributed by atoms with Crippen LogP contribution in [0.3, 0.4) is 0 Å². The summed E-state index contributed by atoms with van der Waals surface area (Å²) in [7, 11) is 3.07. The molecule has 142 valence electrons. The first-order chi connectivity index (χ1) is 12.2. The van der Waals surface area contributed by atoms with Crippen LogP contribution >= 0.6 is 11.8 Å². The van der Waals surface area contributed by atoms with Crippen LogP contribution in [0.4, 0.5) is 0 Å². The Bertz CT molecular complexity index is 747. The Labute approximate surface area is 158 Å². The van der Waals surface area contributed by atoms with Gasteiger partial charge in [0.05, 0.1) is 19.8 Å². The van der Waals surface area contributed by atoms with E-state index in [1.807, 2.05) is 39.8 Å². The molecular weight excluding hydrogens is 352 g/mol. The van der Waals surface area contributed by atoms with E-state index in [9.17, 15) is 9.59 Å². The van der Waals surface area contributed by atoms with Crippen molar-refractivity contribution in [1.82, 2.24) is 10.2 Å². The van der Waals surface area contributed by atoms with Crippen LogP contribution in [-0.2, 0) is 4.79 Å². The predicted molar refractivity (Wildman–Crippen MR) is 102 cm³/mol. The molecule has 2 aliphatic heterocycles. The van der Waals surface area contributed by atoms with E-state index >= 15 is 0 Å². The van der Waals surface area contributed by atoms with E-state index in [0.29, 0.717) is 29.5 Å². The van der Waals surface area contributed by atoms with Gasteiger partial charge in [0.2, 0.25) is 5.91 Å². The molecule has 1 fully saturated rings. The van der Waals surface area contributed by atoms with Crippen LogP contribution in [0.25, 0.3) is 0 Å². The van der Waals surface area contributed by atoms with Gasteiger partial charge in [0, 0.05) is 16.9 Å². The van der Waals surface area contributed by atoms with Gasteiger partial charge in [-0.2, -0.15) is 0 Å². The third-order valence-corrected chi connectivity index (χ3v) is 6.36. The monoisotopic (exact) mass is 378 g/mol. The van der Waals surface area contributed by atoms with E-state index in [-0.39, 0.29) is 21.9 Å². The Hall–Kier alpha value is -1.89. The second-order valence-corrected chi connectivity index (χ2v) is 9.33. The molecule has 1 N–H and O–H groups in total. The van der Waals surface area contributed by atoms with Gasteiger partial charge in [0.1, 0.15) is 11.4 Å². The Morgan fingerprint density at radius 2 is 2.00 bits per heavy atom. The van der Waals surface area contributed by atoms with Gasteiger partial charge in [-0.3, -0.25) is 9.59 Å². The lowest BCUT2D eigenvalue weighted by Crippen LogP contribution is -2.52. The highest BCUT2D eigenvalue weighted by atomic mass is 32.2. The van der Waals surface area contributed by atoms with Crippen molar-refractivity contribution in [3.63, 3.8) is 0 Å². The average molecular weight is 378 g/mol. The lowest BCUT2D eigenvalue weighted by Gasteiger charge is -2.29. The molecule has 0 radical (unpaired) electrons. The van der Waals surface area contributed by atoms with Crippen LogP contribution in [0.1, 0.15) is 49.0 Å². The van der Waals surface area contributed by atoms with Crippen LogP contribution in [0.5, 0.6) is 11.5 Å². The van der Waals surface area contributed by atoms with E-state index < -0.39 is 6.04 Å². The van der Waals surface area contributed by atoms with Crippen molar-refractivity contribution >= 4 is 23.6 Å². The molecule has 6 nitrogen and oxygen atoms in total. The summed E-state index contributed by atoms with van der Waals surface area (Å²) in [6, 6.07) is 3.18. The number of hydrogen-bond acceptors (Lipinski definition) is 5.